The third-order valence-corrected chi connectivity index (χ3v) is 6.71. The Morgan fingerprint density at radius 2 is 2.06 bits per heavy atom. The van der Waals surface area contributed by atoms with Gasteiger partial charge in [0.2, 0.25) is 0 Å². The summed E-state index contributed by atoms with van der Waals surface area (Å²) in [5, 5.41) is 10.1. The largest absolute Gasteiger partial charge is 0.332 e. The summed E-state index contributed by atoms with van der Waals surface area (Å²) in [7, 11) is 0. The van der Waals surface area contributed by atoms with Crippen molar-refractivity contribution in [3.8, 4) is 17.7 Å². The molecule has 0 saturated carbocycles. The van der Waals surface area contributed by atoms with E-state index in [-0.39, 0.29) is 17.7 Å². The van der Waals surface area contributed by atoms with Crippen molar-refractivity contribution >= 4 is 28.8 Å². The molecular weight excluding hydrogens is 448 g/mol. The molecular formula is C25H28N6O2S. The molecule has 0 atom stereocenters. The first-order valence-electron chi connectivity index (χ1n) is 11.5. The SMILES string of the molecule is CCCC#CC(=O)N1CCC(c2nc(C(=O)Nc3cccnc3-n3nc(C)cc3C)cs2)CC1. The molecule has 0 spiro atoms. The number of aryl methyl sites for hydroxylation is 2. The van der Waals surface area contributed by atoms with Gasteiger partial charge >= 0.3 is 0 Å². The number of amides is 2. The third kappa shape index (κ3) is 5.34. The van der Waals surface area contributed by atoms with Gasteiger partial charge in [-0.3, -0.25) is 9.59 Å². The lowest BCUT2D eigenvalue weighted by atomic mass is 9.97. The molecule has 34 heavy (non-hydrogen) atoms. The van der Waals surface area contributed by atoms with E-state index < -0.39 is 0 Å². The summed E-state index contributed by atoms with van der Waals surface area (Å²) in [4.78, 5) is 36.0. The van der Waals surface area contributed by atoms with Crippen LogP contribution in [0.2, 0.25) is 0 Å². The van der Waals surface area contributed by atoms with E-state index in [1.807, 2.05) is 31.7 Å². The summed E-state index contributed by atoms with van der Waals surface area (Å²) in [6.07, 6.45) is 5.01. The molecule has 1 N–H and O–H groups in total. The molecule has 1 fully saturated rings. The molecule has 0 aromatic carbocycles. The van der Waals surface area contributed by atoms with Crippen molar-refractivity contribution < 1.29 is 9.59 Å². The molecule has 1 aliphatic heterocycles. The van der Waals surface area contributed by atoms with E-state index in [9.17, 15) is 9.59 Å². The second kappa shape index (κ2) is 10.6. The van der Waals surface area contributed by atoms with Crippen molar-refractivity contribution in [3.63, 3.8) is 0 Å². The van der Waals surface area contributed by atoms with E-state index in [0.29, 0.717) is 30.3 Å². The Labute approximate surface area is 203 Å². The maximum atomic E-state index is 13.0. The van der Waals surface area contributed by atoms with Crippen LogP contribution < -0.4 is 5.32 Å². The van der Waals surface area contributed by atoms with Crippen LogP contribution in [-0.2, 0) is 4.79 Å². The minimum absolute atomic E-state index is 0.0963. The highest BCUT2D eigenvalue weighted by Crippen LogP contribution is 2.30. The zero-order valence-corrected chi connectivity index (χ0v) is 20.5. The summed E-state index contributed by atoms with van der Waals surface area (Å²) in [6.45, 7) is 7.23. The summed E-state index contributed by atoms with van der Waals surface area (Å²) < 4.78 is 1.72. The van der Waals surface area contributed by atoms with E-state index in [1.165, 1.54) is 11.3 Å². The van der Waals surface area contributed by atoms with Crippen LogP contribution in [0.25, 0.3) is 5.82 Å². The molecule has 4 rings (SSSR count). The maximum Gasteiger partial charge on any atom is 0.298 e. The fourth-order valence-electron chi connectivity index (χ4n) is 3.94. The standard InChI is InChI=1S/C25H28N6O2S/c1-4-5-6-9-22(32)30-13-10-19(11-14-30)25-28-21(16-34-25)24(33)27-20-8-7-12-26-23(20)31-18(3)15-17(2)29-31/h7-8,12,15-16,19H,4-5,10-11,13-14H2,1-3H3,(H,27,33). The van der Waals surface area contributed by atoms with Crippen LogP contribution in [0.1, 0.15) is 65.4 Å². The van der Waals surface area contributed by atoms with Crippen LogP contribution >= 0.6 is 11.3 Å². The number of hydrogen-bond acceptors (Lipinski definition) is 6. The predicted molar refractivity (Wildman–Crippen MR) is 132 cm³/mol. The maximum absolute atomic E-state index is 13.0. The van der Waals surface area contributed by atoms with Gasteiger partial charge in [0, 0.05) is 42.7 Å². The van der Waals surface area contributed by atoms with Crippen molar-refractivity contribution in [3.05, 3.63) is 51.9 Å². The Hall–Kier alpha value is -3.51. The Morgan fingerprint density at radius 3 is 2.76 bits per heavy atom. The number of rotatable bonds is 5. The zero-order chi connectivity index (χ0) is 24.1. The molecule has 0 unspecified atom stereocenters. The first-order valence-corrected chi connectivity index (χ1v) is 12.4. The summed E-state index contributed by atoms with van der Waals surface area (Å²) >= 11 is 1.49. The van der Waals surface area contributed by atoms with E-state index in [0.717, 1.165) is 42.1 Å². The number of nitrogens with one attached hydrogen (secondary N) is 1. The molecule has 3 aromatic rings. The van der Waals surface area contributed by atoms with Crippen LogP contribution in [0.3, 0.4) is 0 Å². The molecule has 9 heteroatoms. The van der Waals surface area contributed by atoms with E-state index in [1.54, 1.807) is 28.4 Å². The van der Waals surface area contributed by atoms with E-state index in [4.69, 9.17) is 0 Å². The predicted octanol–water partition coefficient (Wildman–Crippen LogP) is 4.10. The first-order chi connectivity index (χ1) is 16.5. The van der Waals surface area contributed by atoms with Gasteiger partial charge in [-0.1, -0.05) is 12.8 Å². The lowest BCUT2D eigenvalue weighted by Gasteiger charge is -2.29. The molecule has 2 amide bonds. The van der Waals surface area contributed by atoms with Gasteiger partial charge in [-0.2, -0.15) is 5.10 Å². The average Bonchev–Trinajstić information content (AvgIpc) is 3.46. The highest BCUT2D eigenvalue weighted by molar-refractivity contribution is 7.10. The quantitative estimate of drug-likeness (QED) is 0.560. The van der Waals surface area contributed by atoms with Crippen LogP contribution in [0.5, 0.6) is 0 Å². The van der Waals surface area contributed by atoms with E-state index in [2.05, 4.69) is 32.2 Å². The number of carbonyl (C=O) groups excluding carboxylic acids is 2. The van der Waals surface area contributed by atoms with Crippen LogP contribution in [0, 0.1) is 25.7 Å². The van der Waals surface area contributed by atoms with Gasteiger partial charge in [-0.05, 0) is 57.2 Å². The van der Waals surface area contributed by atoms with Crippen LogP contribution in [0.4, 0.5) is 5.69 Å². The topological polar surface area (TPSA) is 93.0 Å². The number of pyridine rings is 1. The Morgan fingerprint density at radius 1 is 1.26 bits per heavy atom. The fourth-order valence-corrected chi connectivity index (χ4v) is 4.92. The van der Waals surface area contributed by atoms with E-state index >= 15 is 0 Å². The highest BCUT2D eigenvalue weighted by atomic mass is 32.1. The Bertz CT molecular complexity index is 1240. The number of piperidine rings is 1. The Balaban J connectivity index is 1.40. The molecule has 1 saturated heterocycles. The third-order valence-electron chi connectivity index (χ3n) is 5.70. The number of nitrogens with zero attached hydrogens (tertiary/aromatic N) is 5. The number of likely N-dealkylation sites (tertiary alicyclic amines) is 1. The molecule has 0 aliphatic carbocycles. The van der Waals surface area contributed by atoms with Gasteiger partial charge in [0.1, 0.15) is 5.69 Å². The van der Waals surface area contributed by atoms with Crippen LogP contribution in [-0.4, -0.2) is 49.6 Å². The summed E-state index contributed by atoms with van der Waals surface area (Å²) in [6, 6.07) is 5.54. The highest BCUT2D eigenvalue weighted by Gasteiger charge is 2.26. The number of aromatic nitrogens is 4. The minimum Gasteiger partial charge on any atom is -0.332 e. The summed E-state index contributed by atoms with van der Waals surface area (Å²) in [5.41, 5.74) is 2.77. The molecule has 0 bridgehead atoms. The van der Waals surface area contributed by atoms with Crippen molar-refractivity contribution in [2.24, 2.45) is 0 Å². The fraction of sp³-hybridized carbons (Fsp3) is 0.400. The van der Waals surface area contributed by atoms with Crippen LogP contribution in [0.15, 0.2) is 29.8 Å². The number of anilines is 1. The normalized spacial score (nSPS) is 13.9. The second-order valence-corrected chi connectivity index (χ2v) is 9.25. The number of unbranched alkanes of at least 4 members (excludes halogenated alkanes) is 1. The van der Waals surface area contributed by atoms with Crippen molar-refractivity contribution in [1.29, 1.82) is 0 Å². The molecule has 8 nitrogen and oxygen atoms in total. The number of carbonyl (C=O) groups is 2. The number of hydrogen-bond donors (Lipinski definition) is 1. The average molecular weight is 477 g/mol. The first kappa shape index (κ1) is 23.6. The van der Waals surface area contributed by atoms with Crippen molar-refractivity contribution in [2.45, 2.75) is 52.4 Å². The van der Waals surface area contributed by atoms with Gasteiger partial charge in [-0.25, -0.2) is 14.6 Å². The molecule has 1 aliphatic rings. The smallest absolute Gasteiger partial charge is 0.298 e. The molecule has 176 valence electrons. The number of thiazole rings is 1. The van der Waals surface area contributed by atoms with Gasteiger partial charge < -0.3 is 10.2 Å². The second-order valence-electron chi connectivity index (χ2n) is 8.36. The minimum atomic E-state index is -0.280. The van der Waals surface area contributed by atoms with Gasteiger partial charge in [0.15, 0.2) is 5.82 Å². The van der Waals surface area contributed by atoms with Crippen molar-refractivity contribution in [1.82, 2.24) is 24.6 Å². The van der Waals surface area contributed by atoms with Gasteiger partial charge in [0.05, 0.1) is 16.4 Å². The van der Waals surface area contributed by atoms with Crippen molar-refractivity contribution in [2.75, 3.05) is 18.4 Å². The monoisotopic (exact) mass is 476 g/mol. The molecule has 3 aromatic heterocycles. The molecule has 0 radical (unpaired) electrons. The molecule has 4 heterocycles. The Kier molecular flexibility index (Phi) is 7.38. The zero-order valence-electron chi connectivity index (χ0n) is 19.7. The van der Waals surface area contributed by atoms with Gasteiger partial charge in [-0.15, -0.1) is 11.3 Å². The summed E-state index contributed by atoms with van der Waals surface area (Å²) in [5.74, 6) is 6.08. The van der Waals surface area contributed by atoms with Gasteiger partial charge in [0.25, 0.3) is 11.8 Å². The lowest BCUT2D eigenvalue weighted by molar-refractivity contribution is -0.126. The lowest BCUT2D eigenvalue weighted by Crippen LogP contribution is -2.37.